The van der Waals surface area contributed by atoms with Crippen LogP contribution in [-0.2, 0) is 13.0 Å². The molecular weight excluding hydrogens is 258 g/mol. The highest BCUT2D eigenvalue weighted by atomic mass is 16.5. The number of ether oxygens (including phenoxy) is 1. The average Bonchev–Trinajstić information content (AvgIpc) is 2.47. The molecule has 0 aromatic heterocycles. The maximum atomic E-state index is 5.84. The Kier molecular flexibility index (Phi) is 5.40. The Hall–Kier alpha value is -1.80. The van der Waals surface area contributed by atoms with Gasteiger partial charge in [0.1, 0.15) is 12.4 Å². The molecule has 0 bridgehead atoms. The van der Waals surface area contributed by atoms with E-state index in [1.807, 2.05) is 19.1 Å². The van der Waals surface area contributed by atoms with E-state index in [1.165, 1.54) is 22.3 Å². The van der Waals surface area contributed by atoms with Gasteiger partial charge in [-0.15, -0.1) is 0 Å². The predicted molar refractivity (Wildman–Crippen MR) is 88.7 cm³/mol. The first-order valence-corrected chi connectivity index (χ1v) is 7.58. The molecule has 2 rings (SSSR count). The second-order valence-electron chi connectivity index (χ2n) is 5.87. The molecule has 0 spiro atoms. The first kappa shape index (κ1) is 15.6. The molecule has 0 fully saturated rings. The summed E-state index contributed by atoms with van der Waals surface area (Å²) in [7, 11) is 0. The fourth-order valence-electron chi connectivity index (χ4n) is 2.21. The maximum absolute atomic E-state index is 5.84. The van der Waals surface area contributed by atoms with Gasteiger partial charge >= 0.3 is 0 Å². The second-order valence-corrected chi connectivity index (χ2v) is 5.87. The van der Waals surface area contributed by atoms with Gasteiger partial charge in [0, 0.05) is 6.04 Å². The Morgan fingerprint density at radius 1 is 0.952 bits per heavy atom. The van der Waals surface area contributed by atoms with E-state index in [9.17, 15) is 0 Å². The fraction of sp³-hybridized carbons (Fsp3) is 0.368. The Morgan fingerprint density at radius 3 is 2.24 bits per heavy atom. The van der Waals surface area contributed by atoms with Gasteiger partial charge in [-0.2, -0.15) is 0 Å². The quantitative estimate of drug-likeness (QED) is 0.864. The summed E-state index contributed by atoms with van der Waals surface area (Å²) < 4.78 is 5.84. The number of hydrogen-bond acceptors (Lipinski definition) is 2. The van der Waals surface area contributed by atoms with Crippen molar-refractivity contribution in [2.24, 2.45) is 5.73 Å². The van der Waals surface area contributed by atoms with Gasteiger partial charge in [0.15, 0.2) is 0 Å². The molecule has 21 heavy (non-hydrogen) atoms. The van der Waals surface area contributed by atoms with Crippen LogP contribution in [0.15, 0.2) is 42.5 Å². The topological polar surface area (TPSA) is 35.2 Å². The van der Waals surface area contributed by atoms with Crippen molar-refractivity contribution in [2.45, 2.75) is 46.3 Å². The smallest absolute Gasteiger partial charge is 0.119 e. The average molecular weight is 283 g/mol. The molecule has 0 amide bonds. The Labute approximate surface area is 127 Å². The zero-order valence-corrected chi connectivity index (χ0v) is 13.2. The lowest BCUT2D eigenvalue weighted by Crippen LogP contribution is -2.15. The Balaban J connectivity index is 1.89. The minimum atomic E-state index is 0.255. The van der Waals surface area contributed by atoms with Crippen LogP contribution in [0, 0.1) is 13.8 Å². The van der Waals surface area contributed by atoms with Gasteiger partial charge < -0.3 is 10.5 Å². The molecule has 1 unspecified atom stereocenters. The van der Waals surface area contributed by atoms with Crippen molar-refractivity contribution in [1.82, 2.24) is 0 Å². The van der Waals surface area contributed by atoms with E-state index in [0.717, 1.165) is 18.6 Å². The van der Waals surface area contributed by atoms with Crippen LogP contribution in [0.25, 0.3) is 0 Å². The summed E-state index contributed by atoms with van der Waals surface area (Å²) in [5.41, 5.74) is 10.9. The van der Waals surface area contributed by atoms with Crippen LogP contribution in [0.5, 0.6) is 5.75 Å². The summed E-state index contributed by atoms with van der Waals surface area (Å²) in [5.74, 6) is 0.915. The highest BCUT2D eigenvalue weighted by Gasteiger charge is 2.00. The molecule has 0 aliphatic rings. The van der Waals surface area contributed by atoms with Gasteiger partial charge in [-0.25, -0.2) is 0 Å². The summed E-state index contributed by atoms with van der Waals surface area (Å²) in [6, 6.07) is 15.0. The van der Waals surface area contributed by atoms with Crippen molar-refractivity contribution in [1.29, 1.82) is 0 Å². The third kappa shape index (κ3) is 4.91. The molecule has 2 aromatic carbocycles. The maximum Gasteiger partial charge on any atom is 0.119 e. The molecule has 0 saturated heterocycles. The lowest BCUT2D eigenvalue weighted by molar-refractivity contribution is 0.306. The molecule has 0 radical (unpaired) electrons. The van der Waals surface area contributed by atoms with Crippen LogP contribution >= 0.6 is 0 Å². The van der Waals surface area contributed by atoms with Crippen LogP contribution in [0.4, 0.5) is 0 Å². The summed E-state index contributed by atoms with van der Waals surface area (Å²) >= 11 is 0. The van der Waals surface area contributed by atoms with Crippen molar-refractivity contribution in [3.63, 3.8) is 0 Å². The van der Waals surface area contributed by atoms with E-state index >= 15 is 0 Å². The van der Waals surface area contributed by atoms with Crippen molar-refractivity contribution >= 4 is 0 Å². The molecule has 1 atom stereocenters. The zero-order chi connectivity index (χ0) is 15.2. The van der Waals surface area contributed by atoms with Gasteiger partial charge in [-0.05, 0) is 68.0 Å². The van der Waals surface area contributed by atoms with E-state index in [-0.39, 0.29) is 6.04 Å². The van der Waals surface area contributed by atoms with E-state index in [0.29, 0.717) is 6.61 Å². The lowest BCUT2D eigenvalue weighted by Gasteiger charge is -2.09. The van der Waals surface area contributed by atoms with Crippen molar-refractivity contribution in [3.8, 4) is 5.75 Å². The standard InChI is InChI=1S/C19H25NO/c1-14-4-6-18(12-15(14)2)13-21-19-10-8-17(9-11-19)7-5-16(3)20/h4,6,8-12,16H,5,7,13,20H2,1-3H3. The van der Waals surface area contributed by atoms with Crippen LogP contribution < -0.4 is 10.5 Å². The summed E-state index contributed by atoms with van der Waals surface area (Å²) in [5, 5.41) is 0. The van der Waals surface area contributed by atoms with Crippen molar-refractivity contribution in [3.05, 3.63) is 64.7 Å². The van der Waals surface area contributed by atoms with Gasteiger partial charge in [-0.3, -0.25) is 0 Å². The van der Waals surface area contributed by atoms with Crippen LogP contribution in [0.3, 0.4) is 0 Å². The Bertz CT molecular complexity index is 573. The molecule has 2 N–H and O–H groups in total. The lowest BCUT2D eigenvalue weighted by atomic mass is 10.1. The van der Waals surface area contributed by atoms with E-state index in [4.69, 9.17) is 10.5 Å². The van der Waals surface area contributed by atoms with Crippen LogP contribution in [-0.4, -0.2) is 6.04 Å². The molecule has 2 nitrogen and oxygen atoms in total. The summed E-state index contributed by atoms with van der Waals surface area (Å²) in [4.78, 5) is 0. The first-order valence-electron chi connectivity index (χ1n) is 7.58. The molecule has 112 valence electrons. The Morgan fingerprint density at radius 2 is 1.62 bits per heavy atom. The van der Waals surface area contributed by atoms with Crippen molar-refractivity contribution in [2.75, 3.05) is 0 Å². The fourth-order valence-corrected chi connectivity index (χ4v) is 2.21. The monoisotopic (exact) mass is 283 g/mol. The normalized spacial score (nSPS) is 12.2. The molecule has 2 aromatic rings. The number of rotatable bonds is 6. The molecular formula is C19H25NO. The zero-order valence-electron chi connectivity index (χ0n) is 13.2. The van der Waals surface area contributed by atoms with Crippen molar-refractivity contribution < 1.29 is 4.74 Å². The van der Waals surface area contributed by atoms with Gasteiger partial charge in [0.25, 0.3) is 0 Å². The summed E-state index contributed by atoms with van der Waals surface area (Å²) in [6.45, 7) is 6.91. The first-order chi connectivity index (χ1) is 10.0. The molecule has 0 heterocycles. The number of nitrogens with two attached hydrogens (primary N) is 1. The van der Waals surface area contributed by atoms with E-state index < -0.39 is 0 Å². The molecule has 0 saturated carbocycles. The largest absolute Gasteiger partial charge is 0.489 e. The minimum Gasteiger partial charge on any atom is -0.489 e. The predicted octanol–water partition coefficient (Wildman–Crippen LogP) is 4.16. The number of benzene rings is 2. The highest BCUT2D eigenvalue weighted by Crippen LogP contribution is 2.17. The third-order valence-electron chi connectivity index (χ3n) is 3.79. The molecule has 2 heteroatoms. The minimum absolute atomic E-state index is 0.255. The molecule has 0 aliphatic heterocycles. The van der Waals surface area contributed by atoms with E-state index in [2.05, 4.69) is 44.2 Å². The highest BCUT2D eigenvalue weighted by molar-refractivity contribution is 5.31. The van der Waals surface area contributed by atoms with E-state index in [1.54, 1.807) is 0 Å². The SMILES string of the molecule is Cc1ccc(COc2ccc(CCC(C)N)cc2)cc1C. The summed E-state index contributed by atoms with van der Waals surface area (Å²) in [6.07, 6.45) is 2.04. The van der Waals surface area contributed by atoms with Crippen LogP contribution in [0.2, 0.25) is 0 Å². The molecule has 0 aliphatic carbocycles. The number of aryl methyl sites for hydroxylation is 3. The second kappa shape index (κ2) is 7.28. The third-order valence-corrected chi connectivity index (χ3v) is 3.79. The van der Waals surface area contributed by atoms with Gasteiger partial charge in [-0.1, -0.05) is 30.3 Å². The van der Waals surface area contributed by atoms with Crippen LogP contribution in [0.1, 0.15) is 35.6 Å². The number of hydrogen-bond donors (Lipinski definition) is 1. The van der Waals surface area contributed by atoms with Gasteiger partial charge in [0.2, 0.25) is 0 Å². The van der Waals surface area contributed by atoms with Gasteiger partial charge in [0.05, 0.1) is 0 Å².